The second-order valence-corrected chi connectivity index (χ2v) is 5.18. The van der Waals surface area contributed by atoms with Crippen LogP contribution in [0.3, 0.4) is 0 Å². The molecule has 100 valence electrons. The lowest BCUT2D eigenvalue weighted by Gasteiger charge is -2.15. The average Bonchev–Trinajstić information content (AvgIpc) is 2.33. The van der Waals surface area contributed by atoms with Gasteiger partial charge in [0.2, 0.25) is 0 Å². The van der Waals surface area contributed by atoms with Crippen molar-refractivity contribution in [2.24, 2.45) is 5.73 Å². The summed E-state index contributed by atoms with van der Waals surface area (Å²) in [6, 6.07) is 5.29. The van der Waals surface area contributed by atoms with Crippen LogP contribution in [0.4, 0.5) is 13.2 Å². The molecule has 0 aliphatic heterocycles. The Bertz CT molecular complexity index is 628. The van der Waals surface area contributed by atoms with E-state index in [9.17, 15) is 13.2 Å². The van der Waals surface area contributed by atoms with Gasteiger partial charge in [0.25, 0.3) is 0 Å². The molecule has 19 heavy (non-hydrogen) atoms. The third-order valence-corrected chi connectivity index (χ3v) is 3.40. The summed E-state index contributed by atoms with van der Waals surface area (Å²) in [7, 11) is 0. The van der Waals surface area contributed by atoms with Crippen LogP contribution >= 0.6 is 15.9 Å². The molecule has 0 aromatic heterocycles. The van der Waals surface area contributed by atoms with Gasteiger partial charge in [-0.1, -0.05) is 22.0 Å². The lowest BCUT2D eigenvalue weighted by atomic mass is 9.97. The van der Waals surface area contributed by atoms with E-state index in [0.29, 0.717) is 4.47 Å². The molecule has 0 saturated heterocycles. The molecule has 5 heteroatoms. The molecule has 2 aromatic rings. The Balaban J connectivity index is 2.49. The van der Waals surface area contributed by atoms with Gasteiger partial charge in [0.1, 0.15) is 17.5 Å². The highest BCUT2D eigenvalue weighted by molar-refractivity contribution is 9.10. The number of rotatable bonds is 2. The first-order valence-corrected chi connectivity index (χ1v) is 6.35. The lowest BCUT2D eigenvalue weighted by molar-refractivity contribution is 0.558. The Hall–Kier alpha value is -1.33. The van der Waals surface area contributed by atoms with Crippen LogP contribution in [-0.4, -0.2) is 0 Å². The molecule has 0 spiro atoms. The normalized spacial score (nSPS) is 12.5. The van der Waals surface area contributed by atoms with Crippen molar-refractivity contribution in [2.75, 3.05) is 0 Å². The number of nitrogens with two attached hydrogens (primary N) is 1. The highest BCUT2D eigenvalue weighted by Crippen LogP contribution is 2.27. The van der Waals surface area contributed by atoms with E-state index in [2.05, 4.69) is 15.9 Å². The van der Waals surface area contributed by atoms with E-state index >= 15 is 0 Å². The summed E-state index contributed by atoms with van der Waals surface area (Å²) in [5, 5.41) is 0. The molecule has 2 N–H and O–H groups in total. The molecule has 0 aliphatic carbocycles. The zero-order valence-corrected chi connectivity index (χ0v) is 11.6. The van der Waals surface area contributed by atoms with Gasteiger partial charge in [0.15, 0.2) is 0 Å². The van der Waals surface area contributed by atoms with Crippen molar-refractivity contribution in [3.8, 4) is 0 Å². The predicted octanol–water partition coefficient (Wildman–Crippen LogP) is 4.22. The van der Waals surface area contributed by atoms with Gasteiger partial charge in [0.05, 0.1) is 6.04 Å². The maximum absolute atomic E-state index is 13.8. The standard InChI is InChI=1S/C14H11BrF3N/c1-7-4-12(17)10(6-11(7)16)14(19)9-3-2-8(15)5-13(9)18/h2-6,14H,19H2,1H3. The fraction of sp³-hybridized carbons (Fsp3) is 0.143. The third-order valence-electron chi connectivity index (χ3n) is 2.91. The van der Waals surface area contributed by atoms with E-state index in [4.69, 9.17) is 5.73 Å². The molecule has 0 aliphatic rings. The van der Waals surface area contributed by atoms with Gasteiger partial charge < -0.3 is 5.73 Å². The fourth-order valence-electron chi connectivity index (χ4n) is 1.82. The summed E-state index contributed by atoms with van der Waals surface area (Å²) in [5.41, 5.74) is 6.06. The molecule has 1 nitrogen and oxygen atoms in total. The molecule has 0 fully saturated rings. The summed E-state index contributed by atoms with van der Waals surface area (Å²) < 4.78 is 41.6. The number of hydrogen-bond donors (Lipinski definition) is 1. The molecular formula is C14H11BrF3N. The smallest absolute Gasteiger partial charge is 0.129 e. The minimum absolute atomic E-state index is 0.0654. The largest absolute Gasteiger partial charge is 0.320 e. The summed E-state index contributed by atoms with van der Waals surface area (Å²) in [6.45, 7) is 1.45. The van der Waals surface area contributed by atoms with E-state index in [1.807, 2.05) is 0 Å². The molecule has 1 unspecified atom stereocenters. The van der Waals surface area contributed by atoms with E-state index in [1.54, 1.807) is 6.07 Å². The Morgan fingerprint density at radius 3 is 2.21 bits per heavy atom. The predicted molar refractivity (Wildman–Crippen MR) is 71.2 cm³/mol. The molecule has 2 rings (SSSR count). The van der Waals surface area contributed by atoms with E-state index in [0.717, 1.165) is 12.1 Å². The summed E-state index contributed by atoms with van der Waals surface area (Å²) in [5.74, 6) is -1.78. The second kappa shape index (κ2) is 5.35. The van der Waals surface area contributed by atoms with E-state index in [1.165, 1.54) is 19.1 Å². The minimum Gasteiger partial charge on any atom is -0.320 e. The summed E-state index contributed by atoms with van der Waals surface area (Å²) in [4.78, 5) is 0. The Morgan fingerprint density at radius 1 is 0.947 bits per heavy atom. The van der Waals surface area contributed by atoms with Crippen molar-refractivity contribution < 1.29 is 13.2 Å². The van der Waals surface area contributed by atoms with Crippen LogP contribution in [0, 0.1) is 24.4 Å². The van der Waals surface area contributed by atoms with Gasteiger partial charge in [-0.15, -0.1) is 0 Å². The first kappa shape index (κ1) is 14.1. The van der Waals surface area contributed by atoms with Crippen LogP contribution in [0.15, 0.2) is 34.8 Å². The zero-order chi connectivity index (χ0) is 14.2. The highest BCUT2D eigenvalue weighted by atomic mass is 79.9. The number of halogens is 4. The Morgan fingerprint density at radius 2 is 1.58 bits per heavy atom. The fourth-order valence-corrected chi connectivity index (χ4v) is 2.15. The van der Waals surface area contributed by atoms with Crippen LogP contribution in [0.1, 0.15) is 22.7 Å². The maximum Gasteiger partial charge on any atom is 0.129 e. The van der Waals surface area contributed by atoms with Crippen molar-refractivity contribution in [3.05, 3.63) is 68.9 Å². The third kappa shape index (κ3) is 2.82. The van der Waals surface area contributed by atoms with Crippen LogP contribution in [0.5, 0.6) is 0 Å². The Labute approximate surface area is 117 Å². The summed E-state index contributed by atoms with van der Waals surface area (Å²) >= 11 is 3.12. The van der Waals surface area contributed by atoms with Crippen LogP contribution in [0.25, 0.3) is 0 Å². The maximum atomic E-state index is 13.8. The van der Waals surface area contributed by atoms with Crippen LogP contribution in [-0.2, 0) is 0 Å². The average molecular weight is 330 g/mol. The van der Waals surface area contributed by atoms with Crippen molar-refractivity contribution >= 4 is 15.9 Å². The number of aryl methyl sites for hydroxylation is 1. The first-order chi connectivity index (χ1) is 8.90. The van der Waals surface area contributed by atoms with Crippen LogP contribution in [0.2, 0.25) is 0 Å². The summed E-state index contributed by atoms with van der Waals surface area (Å²) in [6.07, 6.45) is 0. The second-order valence-electron chi connectivity index (χ2n) is 4.27. The van der Waals surface area contributed by atoms with Crippen molar-refractivity contribution in [1.82, 2.24) is 0 Å². The highest BCUT2D eigenvalue weighted by Gasteiger charge is 2.19. The van der Waals surface area contributed by atoms with Gasteiger partial charge in [-0.2, -0.15) is 0 Å². The van der Waals surface area contributed by atoms with E-state index in [-0.39, 0.29) is 16.7 Å². The lowest BCUT2D eigenvalue weighted by Crippen LogP contribution is -2.16. The van der Waals surface area contributed by atoms with Gasteiger partial charge in [-0.3, -0.25) is 0 Å². The van der Waals surface area contributed by atoms with E-state index < -0.39 is 23.5 Å². The van der Waals surface area contributed by atoms with Crippen molar-refractivity contribution in [3.63, 3.8) is 0 Å². The molecular weight excluding hydrogens is 319 g/mol. The number of benzene rings is 2. The van der Waals surface area contributed by atoms with Crippen LogP contribution < -0.4 is 5.73 Å². The molecule has 2 aromatic carbocycles. The molecule has 0 heterocycles. The SMILES string of the molecule is Cc1cc(F)c(C(N)c2ccc(Br)cc2F)cc1F. The zero-order valence-electron chi connectivity index (χ0n) is 10.1. The number of hydrogen-bond acceptors (Lipinski definition) is 1. The quantitative estimate of drug-likeness (QED) is 0.876. The van der Waals surface area contributed by atoms with Gasteiger partial charge in [0, 0.05) is 15.6 Å². The molecule has 0 radical (unpaired) electrons. The van der Waals surface area contributed by atoms with Gasteiger partial charge in [-0.25, -0.2) is 13.2 Å². The minimum atomic E-state index is -1.05. The first-order valence-electron chi connectivity index (χ1n) is 5.56. The van der Waals surface area contributed by atoms with Crippen molar-refractivity contribution in [1.29, 1.82) is 0 Å². The van der Waals surface area contributed by atoms with Crippen molar-refractivity contribution in [2.45, 2.75) is 13.0 Å². The Kier molecular flexibility index (Phi) is 3.96. The van der Waals surface area contributed by atoms with Gasteiger partial charge in [-0.05, 0) is 36.8 Å². The topological polar surface area (TPSA) is 26.0 Å². The molecule has 0 amide bonds. The molecule has 0 saturated carbocycles. The van der Waals surface area contributed by atoms with Gasteiger partial charge >= 0.3 is 0 Å². The molecule has 1 atom stereocenters. The molecule has 0 bridgehead atoms. The monoisotopic (exact) mass is 329 g/mol.